The Labute approximate surface area is 91.1 Å². The van der Waals surface area contributed by atoms with E-state index in [0.717, 1.165) is 0 Å². The van der Waals surface area contributed by atoms with E-state index in [1.165, 1.54) is 0 Å². The number of fused-ring (bicyclic) bond motifs is 1. The van der Waals surface area contributed by atoms with Gasteiger partial charge in [0.05, 0.1) is 5.41 Å². The first kappa shape index (κ1) is 9.84. The van der Waals surface area contributed by atoms with Gasteiger partial charge < -0.3 is 15.2 Å². The molecule has 1 heterocycles. The molecule has 1 saturated carbocycles. The van der Waals surface area contributed by atoms with Crippen molar-refractivity contribution in [1.82, 2.24) is 0 Å². The topological polar surface area (TPSA) is 44.5 Å². The van der Waals surface area contributed by atoms with Gasteiger partial charge in [0, 0.05) is 13.0 Å². The predicted molar refractivity (Wildman–Crippen MR) is 52.9 cm³/mol. The molecule has 1 unspecified atom stereocenters. The zero-order valence-corrected chi connectivity index (χ0v) is 8.50. The lowest BCUT2D eigenvalue weighted by molar-refractivity contribution is 0.0896. The first-order valence-corrected chi connectivity index (χ1v) is 5.07. The van der Waals surface area contributed by atoms with E-state index in [4.69, 9.17) is 15.2 Å². The van der Waals surface area contributed by atoms with E-state index in [1.54, 1.807) is 18.2 Å². The quantitative estimate of drug-likeness (QED) is 0.835. The summed E-state index contributed by atoms with van der Waals surface area (Å²) in [5.41, 5.74) is 4.80. The van der Waals surface area contributed by atoms with Gasteiger partial charge in [-0.3, -0.25) is 0 Å². The Morgan fingerprint density at radius 2 is 1.94 bits per heavy atom. The molecular formula is C11H11F2NO2. The molecule has 1 aromatic rings. The van der Waals surface area contributed by atoms with Gasteiger partial charge in [-0.05, 0) is 17.7 Å². The van der Waals surface area contributed by atoms with Gasteiger partial charge in [0.15, 0.2) is 11.5 Å². The summed E-state index contributed by atoms with van der Waals surface area (Å²) in [5.74, 6) is -1.58. The van der Waals surface area contributed by atoms with Crippen molar-refractivity contribution in [3.05, 3.63) is 23.8 Å². The highest BCUT2D eigenvalue weighted by molar-refractivity contribution is 5.50. The Kier molecular flexibility index (Phi) is 1.75. The molecule has 3 nitrogen and oxygen atoms in total. The molecule has 2 N–H and O–H groups in total. The van der Waals surface area contributed by atoms with Crippen molar-refractivity contribution in [2.45, 2.75) is 17.8 Å². The number of hydrogen-bond acceptors (Lipinski definition) is 3. The lowest BCUT2D eigenvalue weighted by atomic mass is 9.95. The van der Waals surface area contributed by atoms with Crippen LogP contribution in [0.4, 0.5) is 8.78 Å². The molecule has 0 spiro atoms. The maximum absolute atomic E-state index is 13.3. The molecule has 0 radical (unpaired) electrons. The average Bonchev–Trinajstić information content (AvgIpc) is 2.63. The van der Waals surface area contributed by atoms with E-state index in [0.29, 0.717) is 17.1 Å². The van der Waals surface area contributed by atoms with E-state index >= 15 is 0 Å². The number of hydrogen-bond donors (Lipinski definition) is 1. The monoisotopic (exact) mass is 227 g/mol. The van der Waals surface area contributed by atoms with Crippen LogP contribution < -0.4 is 15.2 Å². The normalized spacial score (nSPS) is 29.2. The summed E-state index contributed by atoms with van der Waals surface area (Å²) in [5, 5.41) is 0. The maximum Gasteiger partial charge on any atom is 0.260 e. The SMILES string of the molecule is NCC1(c2ccc3c(c2)OCO3)CC1(F)F. The molecule has 1 fully saturated rings. The Hall–Kier alpha value is -1.36. The average molecular weight is 227 g/mol. The first-order valence-electron chi connectivity index (χ1n) is 5.07. The van der Waals surface area contributed by atoms with Crippen LogP contribution in [0.2, 0.25) is 0 Å². The van der Waals surface area contributed by atoms with Gasteiger partial charge in [0.2, 0.25) is 6.79 Å². The summed E-state index contributed by atoms with van der Waals surface area (Å²) in [6.07, 6.45) is -0.184. The standard InChI is InChI=1S/C11H11F2NO2/c12-11(13)4-10(11,5-14)7-1-2-8-9(3-7)16-6-15-8/h1-3H,4-6,14H2. The van der Waals surface area contributed by atoms with Crippen LogP contribution in [0.25, 0.3) is 0 Å². The van der Waals surface area contributed by atoms with E-state index < -0.39 is 11.3 Å². The van der Waals surface area contributed by atoms with Gasteiger partial charge in [-0.15, -0.1) is 0 Å². The number of halogens is 2. The Balaban J connectivity index is 2.02. The van der Waals surface area contributed by atoms with Crippen molar-refractivity contribution >= 4 is 0 Å². The third-order valence-corrected chi connectivity index (χ3v) is 3.37. The first-order chi connectivity index (χ1) is 7.59. The third-order valence-electron chi connectivity index (χ3n) is 3.37. The second kappa shape index (κ2) is 2.85. The molecule has 3 rings (SSSR count). The fraction of sp³-hybridized carbons (Fsp3) is 0.455. The molecule has 1 aromatic carbocycles. The number of nitrogens with two attached hydrogens (primary N) is 1. The molecule has 1 aliphatic heterocycles. The minimum absolute atomic E-state index is 0.0559. The van der Waals surface area contributed by atoms with Crippen LogP contribution in [0.3, 0.4) is 0 Å². The smallest absolute Gasteiger partial charge is 0.260 e. The van der Waals surface area contributed by atoms with Crippen molar-refractivity contribution in [2.75, 3.05) is 13.3 Å². The van der Waals surface area contributed by atoms with Crippen LogP contribution in [0.5, 0.6) is 11.5 Å². The number of alkyl halides is 2. The van der Waals surface area contributed by atoms with E-state index in [-0.39, 0.29) is 19.8 Å². The highest BCUT2D eigenvalue weighted by Crippen LogP contribution is 2.61. The fourth-order valence-electron chi connectivity index (χ4n) is 2.18. The molecule has 0 amide bonds. The molecule has 0 saturated heterocycles. The van der Waals surface area contributed by atoms with Gasteiger partial charge in [0.1, 0.15) is 0 Å². The summed E-state index contributed by atoms with van der Waals surface area (Å²) in [6.45, 7) is 0.0877. The molecule has 1 atom stereocenters. The molecule has 16 heavy (non-hydrogen) atoms. The number of ether oxygens (including phenoxy) is 2. The van der Waals surface area contributed by atoms with Crippen molar-refractivity contribution in [2.24, 2.45) is 5.73 Å². The lowest BCUT2D eigenvalue weighted by Crippen LogP contribution is -2.26. The minimum Gasteiger partial charge on any atom is -0.454 e. The van der Waals surface area contributed by atoms with Crippen LogP contribution in [-0.4, -0.2) is 19.3 Å². The molecule has 86 valence electrons. The number of rotatable bonds is 2. The Morgan fingerprint density at radius 1 is 1.25 bits per heavy atom. The second-order valence-corrected chi connectivity index (χ2v) is 4.24. The Bertz CT molecular complexity index is 450. The van der Waals surface area contributed by atoms with Crippen LogP contribution in [0.1, 0.15) is 12.0 Å². The van der Waals surface area contributed by atoms with Gasteiger partial charge in [-0.2, -0.15) is 0 Å². The van der Waals surface area contributed by atoms with E-state index in [9.17, 15) is 8.78 Å². The van der Waals surface area contributed by atoms with Crippen LogP contribution in [-0.2, 0) is 5.41 Å². The van der Waals surface area contributed by atoms with Crippen LogP contribution in [0, 0.1) is 0 Å². The van der Waals surface area contributed by atoms with Gasteiger partial charge >= 0.3 is 0 Å². The molecule has 5 heteroatoms. The third kappa shape index (κ3) is 1.09. The molecule has 0 bridgehead atoms. The van der Waals surface area contributed by atoms with Gasteiger partial charge in [0.25, 0.3) is 5.92 Å². The van der Waals surface area contributed by atoms with Crippen LogP contribution >= 0.6 is 0 Å². The van der Waals surface area contributed by atoms with Crippen molar-refractivity contribution in [3.63, 3.8) is 0 Å². The molecular weight excluding hydrogens is 216 g/mol. The van der Waals surface area contributed by atoms with Gasteiger partial charge in [-0.1, -0.05) is 6.07 Å². The zero-order valence-electron chi connectivity index (χ0n) is 8.50. The molecule has 2 aliphatic rings. The summed E-state index contributed by atoms with van der Waals surface area (Å²) in [6, 6.07) is 4.90. The predicted octanol–water partition coefficient (Wildman–Crippen LogP) is 1.65. The summed E-state index contributed by atoms with van der Waals surface area (Å²) >= 11 is 0. The molecule has 0 aromatic heterocycles. The van der Waals surface area contributed by atoms with Crippen molar-refractivity contribution < 1.29 is 18.3 Å². The van der Waals surface area contributed by atoms with Gasteiger partial charge in [-0.25, -0.2) is 8.78 Å². The van der Waals surface area contributed by atoms with Crippen LogP contribution in [0.15, 0.2) is 18.2 Å². The number of benzene rings is 1. The fourth-order valence-corrected chi connectivity index (χ4v) is 2.18. The van der Waals surface area contributed by atoms with Crippen molar-refractivity contribution in [3.8, 4) is 11.5 Å². The summed E-state index contributed by atoms with van der Waals surface area (Å²) < 4.78 is 37.0. The van der Waals surface area contributed by atoms with E-state index in [2.05, 4.69) is 0 Å². The zero-order chi connectivity index (χ0) is 11.4. The molecule has 1 aliphatic carbocycles. The lowest BCUT2D eigenvalue weighted by Gasteiger charge is -2.14. The highest BCUT2D eigenvalue weighted by Gasteiger charge is 2.71. The minimum atomic E-state index is -2.70. The largest absolute Gasteiger partial charge is 0.454 e. The second-order valence-electron chi connectivity index (χ2n) is 4.24. The van der Waals surface area contributed by atoms with Crippen molar-refractivity contribution in [1.29, 1.82) is 0 Å². The Morgan fingerprint density at radius 3 is 2.56 bits per heavy atom. The summed E-state index contributed by atoms with van der Waals surface area (Å²) in [7, 11) is 0. The van der Waals surface area contributed by atoms with E-state index in [1.807, 2.05) is 0 Å². The highest BCUT2D eigenvalue weighted by atomic mass is 19.3. The maximum atomic E-state index is 13.3. The summed E-state index contributed by atoms with van der Waals surface area (Å²) in [4.78, 5) is 0.